The topological polar surface area (TPSA) is 63.6 Å². The lowest BCUT2D eigenvalue weighted by molar-refractivity contribution is -0.147. The number of carboxylic acid groups (broad SMARTS) is 1. The Morgan fingerprint density at radius 1 is 1.14 bits per heavy atom. The van der Waals surface area contributed by atoms with Crippen molar-refractivity contribution in [3.05, 3.63) is 41.5 Å². The zero-order valence-electron chi connectivity index (χ0n) is 12.0. The number of ether oxygens (including phenoxy) is 1. The number of carbonyl (C=O) groups is 2. The maximum Gasteiger partial charge on any atom is 0.334 e. The Bertz CT molecular complexity index is 513. The van der Waals surface area contributed by atoms with Gasteiger partial charge in [-0.25, -0.2) is 4.79 Å². The largest absolute Gasteiger partial charge is 0.481 e. The summed E-state index contributed by atoms with van der Waals surface area (Å²) >= 11 is 0. The molecule has 0 saturated heterocycles. The van der Waals surface area contributed by atoms with E-state index in [4.69, 9.17) is 9.84 Å². The van der Waals surface area contributed by atoms with E-state index in [2.05, 4.69) is 0 Å². The summed E-state index contributed by atoms with van der Waals surface area (Å²) in [6.45, 7) is 0. The highest BCUT2D eigenvalue weighted by molar-refractivity contribution is 5.98. The van der Waals surface area contributed by atoms with Gasteiger partial charge < -0.3 is 9.84 Å². The van der Waals surface area contributed by atoms with Crippen molar-refractivity contribution in [3.63, 3.8) is 0 Å². The standard InChI is InChI=1S/C17H20O4/c18-16(19)12-14(11-13-7-3-1-4-8-13)17(20)21-15-9-5-2-6-10-15/h1,3-4,7-8,11,15H,2,5-6,9-10,12H2,(H,18,19). The predicted molar refractivity (Wildman–Crippen MR) is 79.6 cm³/mol. The van der Waals surface area contributed by atoms with Gasteiger partial charge in [-0.1, -0.05) is 36.8 Å². The highest BCUT2D eigenvalue weighted by atomic mass is 16.5. The van der Waals surface area contributed by atoms with Crippen LogP contribution in [0.4, 0.5) is 0 Å². The van der Waals surface area contributed by atoms with Crippen molar-refractivity contribution in [3.8, 4) is 0 Å². The van der Waals surface area contributed by atoms with Crippen LogP contribution < -0.4 is 0 Å². The Hall–Kier alpha value is -2.10. The van der Waals surface area contributed by atoms with Gasteiger partial charge in [0.15, 0.2) is 0 Å². The second-order valence-electron chi connectivity index (χ2n) is 5.32. The van der Waals surface area contributed by atoms with Crippen LogP contribution in [0.2, 0.25) is 0 Å². The van der Waals surface area contributed by atoms with Gasteiger partial charge in [-0.3, -0.25) is 4.79 Å². The van der Waals surface area contributed by atoms with E-state index in [1.54, 1.807) is 6.08 Å². The molecule has 0 bridgehead atoms. The molecule has 21 heavy (non-hydrogen) atoms. The average Bonchev–Trinajstić information content (AvgIpc) is 2.48. The minimum Gasteiger partial charge on any atom is -0.481 e. The molecule has 1 fully saturated rings. The van der Waals surface area contributed by atoms with Crippen LogP contribution in [0.3, 0.4) is 0 Å². The summed E-state index contributed by atoms with van der Waals surface area (Å²) in [7, 11) is 0. The van der Waals surface area contributed by atoms with Gasteiger partial charge in [-0.05, 0) is 37.3 Å². The molecule has 0 aliphatic heterocycles. The van der Waals surface area contributed by atoms with Crippen LogP contribution in [-0.4, -0.2) is 23.1 Å². The van der Waals surface area contributed by atoms with Crippen molar-refractivity contribution < 1.29 is 19.4 Å². The molecule has 0 aromatic heterocycles. The van der Waals surface area contributed by atoms with E-state index >= 15 is 0 Å². The molecule has 1 aliphatic carbocycles. The SMILES string of the molecule is O=C(O)CC(=Cc1ccccc1)C(=O)OC1CCCCC1. The van der Waals surface area contributed by atoms with Crippen molar-refractivity contribution in [2.24, 2.45) is 0 Å². The molecule has 1 aliphatic rings. The molecule has 4 nitrogen and oxygen atoms in total. The Kier molecular flexibility index (Phi) is 5.55. The molecule has 0 heterocycles. The molecule has 1 saturated carbocycles. The number of benzene rings is 1. The van der Waals surface area contributed by atoms with E-state index < -0.39 is 11.9 Å². The monoisotopic (exact) mass is 288 g/mol. The number of carboxylic acids is 1. The summed E-state index contributed by atoms with van der Waals surface area (Å²) in [5, 5.41) is 8.97. The summed E-state index contributed by atoms with van der Waals surface area (Å²) in [5.41, 5.74) is 0.994. The van der Waals surface area contributed by atoms with Crippen molar-refractivity contribution in [2.75, 3.05) is 0 Å². The second kappa shape index (κ2) is 7.62. The van der Waals surface area contributed by atoms with E-state index in [0.717, 1.165) is 31.2 Å². The second-order valence-corrected chi connectivity index (χ2v) is 5.32. The molecular formula is C17H20O4. The number of hydrogen-bond acceptors (Lipinski definition) is 3. The maximum absolute atomic E-state index is 12.2. The van der Waals surface area contributed by atoms with Gasteiger partial charge in [0.05, 0.1) is 6.42 Å². The Morgan fingerprint density at radius 3 is 2.43 bits per heavy atom. The summed E-state index contributed by atoms with van der Waals surface area (Å²) in [5.74, 6) is -1.54. The lowest BCUT2D eigenvalue weighted by Crippen LogP contribution is -2.22. The van der Waals surface area contributed by atoms with Crippen LogP contribution in [0.5, 0.6) is 0 Å². The first-order chi connectivity index (χ1) is 10.1. The Morgan fingerprint density at radius 2 is 1.81 bits per heavy atom. The molecule has 112 valence electrons. The first-order valence-corrected chi connectivity index (χ1v) is 7.33. The Labute approximate surface area is 124 Å². The van der Waals surface area contributed by atoms with E-state index in [-0.39, 0.29) is 18.1 Å². The summed E-state index contributed by atoms with van der Waals surface area (Å²) in [6.07, 6.45) is 6.26. The van der Waals surface area contributed by atoms with Crippen LogP contribution in [0.25, 0.3) is 6.08 Å². The quantitative estimate of drug-likeness (QED) is 0.666. The number of esters is 1. The number of hydrogen-bond donors (Lipinski definition) is 1. The van der Waals surface area contributed by atoms with Gasteiger partial charge in [0.2, 0.25) is 0 Å². The summed E-state index contributed by atoms with van der Waals surface area (Å²) in [6, 6.07) is 9.22. The molecule has 1 aromatic carbocycles. The normalized spacial score (nSPS) is 16.5. The summed E-state index contributed by atoms with van der Waals surface area (Å²) < 4.78 is 5.46. The fourth-order valence-electron chi connectivity index (χ4n) is 2.51. The lowest BCUT2D eigenvalue weighted by Gasteiger charge is -2.22. The average molecular weight is 288 g/mol. The van der Waals surface area contributed by atoms with Crippen LogP contribution in [0.1, 0.15) is 44.1 Å². The zero-order chi connectivity index (χ0) is 15.1. The third-order valence-corrected chi connectivity index (χ3v) is 3.57. The van der Waals surface area contributed by atoms with Gasteiger partial charge in [-0.15, -0.1) is 0 Å². The van der Waals surface area contributed by atoms with Crippen molar-refractivity contribution in [1.82, 2.24) is 0 Å². The van der Waals surface area contributed by atoms with Crippen molar-refractivity contribution in [1.29, 1.82) is 0 Å². The predicted octanol–water partition coefficient (Wildman–Crippen LogP) is 3.42. The molecule has 0 spiro atoms. The van der Waals surface area contributed by atoms with Crippen molar-refractivity contribution >= 4 is 18.0 Å². The first kappa shape index (κ1) is 15.3. The van der Waals surface area contributed by atoms with E-state index in [1.807, 2.05) is 30.3 Å². The van der Waals surface area contributed by atoms with E-state index in [0.29, 0.717) is 0 Å². The molecule has 1 N–H and O–H groups in total. The van der Waals surface area contributed by atoms with Gasteiger partial charge in [-0.2, -0.15) is 0 Å². The van der Waals surface area contributed by atoms with Gasteiger partial charge in [0, 0.05) is 5.57 Å². The van der Waals surface area contributed by atoms with Crippen LogP contribution in [0, 0.1) is 0 Å². The molecule has 1 aromatic rings. The third-order valence-electron chi connectivity index (χ3n) is 3.57. The number of rotatable bonds is 5. The lowest BCUT2D eigenvalue weighted by atomic mass is 9.97. The molecule has 4 heteroatoms. The van der Waals surface area contributed by atoms with Crippen LogP contribution >= 0.6 is 0 Å². The fraction of sp³-hybridized carbons (Fsp3) is 0.412. The molecule has 0 amide bonds. The van der Waals surface area contributed by atoms with Crippen LogP contribution in [0.15, 0.2) is 35.9 Å². The highest BCUT2D eigenvalue weighted by Crippen LogP contribution is 2.22. The number of aliphatic carboxylic acids is 1. The highest BCUT2D eigenvalue weighted by Gasteiger charge is 2.21. The van der Waals surface area contributed by atoms with E-state index in [9.17, 15) is 9.59 Å². The molecule has 2 rings (SSSR count). The fourth-order valence-corrected chi connectivity index (χ4v) is 2.51. The minimum absolute atomic E-state index is 0.0702. The Balaban J connectivity index is 2.09. The van der Waals surface area contributed by atoms with Crippen LogP contribution in [-0.2, 0) is 14.3 Å². The molecule has 0 atom stereocenters. The van der Waals surface area contributed by atoms with Gasteiger partial charge in [0.25, 0.3) is 0 Å². The minimum atomic E-state index is -1.03. The maximum atomic E-state index is 12.2. The smallest absolute Gasteiger partial charge is 0.334 e. The third kappa shape index (κ3) is 5.06. The molecular weight excluding hydrogens is 268 g/mol. The van der Waals surface area contributed by atoms with E-state index in [1.165, 1.54) is 6.42 Å². The van der Waals surface area contributed by atoms with Crippen molar-refractivity contribution in [2.45, 2.75) is 44.6 Å². The van der Waals surface area contributed by atoms with Gasteiger partial charge >= 0.3 is 11.9 Å². The van der Waals surface area contributed by atoms with Gasteiger partial charge in [0.1, 0.15) is 6.10 Å². The molecule has 0 unspecified atom stereocenters. The zero-order valence-corrected chi connectivity index (χ0v) is 12.0. The summed E-state index contributed by atoms with van der Waals surface area (Å²) in [4.78, 5) is 23.1. The molecule has 0 radical (unpaired) electrons. The number of carbonyl (C=O) groups excluding carboxylic acids is 1. The first-order valence-electron chi connectivity index (χ1n) is 7.33.